The molecule has 4 nitrogen and oxygen atoms in total. The Labute approximate surface area is 122 Å². The van der Waals surface area contributed by atoms with Crippen molar-refractivity contribution in [3.05, 3.63) is 35.3 Å². The zero-order valence-electron chi connectivity index (χ0n) is 11.5. The summed E-state index contributed by atoms with van der Waals surface area (Å²) in [6.45, 7) is 3.69. The minimum Gasteiger partial charge on any atom is -0.330 e. The number of imidazole rings is 1. The van der Waals surface area contributed by atoms with Gasteiger partial charge in [-0.2, -0.15) is 0 Å². The number of nitrogens with two attached hydrogens (primary N) is 1. The molecule has 0 atom stereocenters. The highest BCUT2D eigenvalue weighted by atomic mass is 32.1. The summed E-state index contributed by atoms with van der Waals surface area (Å²) in [5, 5.41) is 2.08. The Morgan fingerprint density at radius 2 is 2.25 bits per heavy atom. The van der Waals surface area contributed by atoms with Crippen molar-refractivity contribution in [3.63, 3.8) is 0 Å². The summed E-state index contributed by atoms with van der Waals surface area (Å²) in [4.78, 5) is 10.5. The lowest BCUT2D eigenvalue weighted by Crippen LogP contribution is -2.05. The molecule has 0 saturated carbocycles. The number of unbranched alkanes of at least 4 members (excludes halogenated alkanes) is 1. The molecule has 0 aliphatic rings. The van der Waals surface area contributed by atoms with Crippen LogP contribution >= 0.6 is 11.3 Å². The molecule has 0 amide bonds. The lowest BCUT2D eigenvalue weighted by Gasteiger charge is -2.07. The number of hydrogen-bond donors (Lipinski definition) is 1. The molecule has 0 aliphatic carbocycles. The first-order chi connectivity index (χ1) is 9.79. The first-order valence-corrected chi connectivity index (χ1v) is 7.74. The molecule has 0 saturated heterocycles. The highest BCUT2D eigenvalue weighted by molar-refractivity contribution is 7.13. The standard InChI is InChI=1S/C15H18N4S/c1-11-9-12-14(17-10-11)19(7-3-2-6-16)15(18-12)13-5-4-8-20-13/h4-5,8-10H,2-3,6-7,16H2,1H3. The van der Waals surface area contributed by atoms with Crippen LogP contribution in [0.15, 0.2) is 29.8 Å². The van der Waals surface area contributed by atoms with Gasteiger partial charge in [0.15, 0.2) is 11.5 Å². The van der Waals surface area contributed by atoms with Gasteiger partial charge in [-0.15, -0.1) is 11.3 Å². The molecular formula is C15H18N4S. The lowest BCUT2D eigenvalue weighted by molar-refractivity contribution is 0.628. The van der Waals surface area contributed by atoms with Gasteiger partial charge in [-0.05, 0) is 49.4 Å². The number of aromatic nitrogens is 3. The number of pyridine rings is 1. The van der Waals surface area contributed by atoms with E-state index in [4.69, 9.17) is 10.7 Å². The summed E-state index contributed by atoms with van der Waals surface area (Å²) in [5.41, 5.74) is 8.68. The van der Waals surface area contributed by atoms with Gasteiger partial charge in [0.25, 0.3) is 0 Å². The molecule has 0 fully saturated rings. The zero-order valence-corrected chi connectivity index (χ0v) is 12.4. The second-order valence-electron chi connectivity index (χ2n) is 4.92. The summed E-state index contributed by atoms with van der Waals surface area (Å²) in [5.74, 6) is 1.02. The van der Waals surface area contributed by atoms with Crippen LogP contribution in [-0.2, 0) is 6.54 Å². The van der Waals surface area contributed by atoms with E-state index >= 15 is 0 Å². The average Bonchev–Trinajstić information content (AvgIpc) is 3.06. The second kappa shape index (κ2) is 5.73. The fourth-order valence-electron chi connectivity index (χ4n) is 2.33. The highest BCUT2D eigenvalue weighted by Gasteiger charge is 2.14. The third-order valence-electron chi connectivity index (χ3n) is 3.30. The maximum Gasteiger partial charge on any atom is 0.160 e. The van der Waals surface area contributed by atoms with E-state index in [-0.39, 0.29) is 0 Å². The third-order valence-corrected chi connectivity index (χ3v) is 4.16. The maximum atomic E-state index is 5.59. The highest BCUT2D eigenvalue weighted by Crippen LogP contribution is 2.28. The van der Waals surface area contributed by atoms with E-state index in [0.717, 1.165) is 48.5 Å². The van der Waals surface area contributed by atoms with Crippen molar-refractivity contribution in [2.45, 2.75) is 26.3 Å². The lowest BCUT2D eigenvalue weighted by atomic mass is 10.3. The zero-order chi connectivity index (χ0) is 13.9. The molecule has 3 heterocycles. The number of rotatable bonds is 5. The van der Waals surface area contributed by atoms with E-state index in [1.807, 2.05) is 13.1 Å². The second-order valence-corrected chi connectivity index (χ2v) is 5.86. The summed E-state index contributed by atoms with van der Waals surface area (Å²) in [6, 6.07) is 6.26. The van der Waals surface area contributed by atoms with Gasteiger partial charge in [0.05, 0.1) is 4.88 Å². The quantitative estimate of drug-likeness (QED) is 0.733. The predicted octanol–water partition coefficient (Wildman–Crippen LogP) is 3.21. The molecule has 2 N–H and O–H groups in total. The van der Waals surface area contributed by atoms with Crippen molar-refractivity contribution in [2.75, 3.05) is 6.54 Å². The van der Waals surface area contributed by atoms with Gasteiger partial charge in [-0.3, -0.25) is 0 Å². The SMILES string of the molecule is Cc1cnc2c(c1)nc(-c1cccs1)n2CCCCN. The van der Waals surface area contributed by atoms with Gasteiger partial charge < -0.3 is 10.3 Å². The van der Waals surface area contributed by atoms with Crippen LogP contribution in [0.1, 0.15) is 18.4 Å². The van der Waals surface area contributed by atoms with E-state index < -0.39 is 0 Å². The Kier molecular flexibility index (Phi) is 3.80. The Balaban J connectivity index is 2.09. The molecule has 3 aromatic rings. The normalized spacial score (nSPS) is 11.3. The van der Waals surface area contributed by atoms with Gasteiger partial charge >= 0.3 is 0 Å². The molecule has 104 valence electrons. The third kappa shape index (κ3) is 2.46. The number of fused-ring (bicyclic) bond motifs is 1. The first-order valence-electron chi connectivity index (χ1n) is 6.86. The van der Waals surface area contributed by atoms with Crippen molar-refractivity contribution in [3.8, 4) is 10.7 Å². The average molecular weight is 286 g/mol. The molecule has 0 spiro atoms. The molecular weight excluding hydrogens is 268 g/mol. The van der Waals surface area contributed by atoms with Crippen LogP contribution in [0.2, 0.25) is 0 Å². The number of hydrogen-bond acceptors (Lipinski definition) is 4. The van der Waals surface area contributed by atoms with Crippen molar-refractivity contribution in [2.24, 2.45) is 5.73 Å². The summed E-state index contributed by atoms with van der Waals surface area (Å²) in [7, 11) is 0. The van der Waals surface area contributed by atoms with E-state index in [0.29, 0.717) is 0 Å². The smallest absolute Gasteiger partial charge is 0.160 e. The van der Waals surface area contributed by atoms with Crippen molar-refractivity contribution < 1.29 is 0 Å². The van der Waals surface area contributed by atoms with Gasteiger partial charge in [-0.25, -0.2) is 9.97 Å². The van der Waals surface area contributed by atoms with E-state index in [2.05, 4.69) is 33.1 Å². The molecule has 0 aromatic carbocycles. The molecule has 0 aliphatic heterocycles. The molecule has 3 aromatic heterocycles. The minimum atomic E-state index is 0.730. The summed E-state index contributed by atoms with van der Waals surface area (Å²) in [6.07, 6.45) is 3.98. The Morgan fingerprint density at radius 1 is 1.35 bits per heavy atom. The van der Waals surface area contributed by atoms with E-state index in [1.165, 1.54) is 4.88 Å². The fourth-order valence-corrected chi connectivity index (χ4v) is 3.05. The summed E-state index contributed by atoms with van der Waals surface area (Å²) >= 11 is 1.71. The molecule has 3 rings (SSSR count). The maximum absolute atomic E-state index is 5.59. The Morgan fingerprint density at radius 3 is 3.00 bits per heavy atom. The molecule has 5 heteroatoms. The van der Waals surface area contributed by atoms with Gasteiger partial charge in [0, 0.05) is 12.7 Å². The predicted molar refractivity (Wildman–Crippen MR) is 83.9 cm³/mol. The van der Waals surface area contributed by atoms with Crippen molar-refractivity contribution in [1.82, 2.24) is 14.5 Å². The van der Waals surface area contributed by atoms with Crippen LogP contribution in [0, 0.1) is 6.92 Å². The Bertz CT molecular complexity index is 700. The van der Waals surface area contributed by atoms with E-state index in [1.54, 1.807) is 11.3 Å². The minimum absolute atomic E-state index is 0.730. The molecule has 20 heavy (non-hydrogen) atoms. The van der Waals surface area contributed by atoms with E-state index in [9.17, 15) is 0 Å². The van der Waals surface area contributed by atoms with Crippen molar-refractivity contribution in [1.29, 1.82) is 0 Å². The molecule has 0 radical (unpaired) electrons. The van der Waals surface area contributed by atoms with Gasteiger partial charge in [0.1, 0.15) is 5.52 Å². The largest absolute Gasteiger partial charge is 0.330 e. The van der Waals surface area contributed by atoms with Crippen LogP contribution in [0.5, 0.6) is 0 Å². The monoisotopic (exact) mass is 286 g/mol. The van der Waals surface area contributed by atoms with Gasteiger partial charge in [-0.1, -0.05) is 6.07 Å². The van der Waals surface area contributed by atoms with Crippen molar-refractivity contribution >= 4 is 22.5 Å². The molecule has 0 unspecified atom stereocenters. The van der Waals surface area contributed by atoms with Gasteiger partial charge in [0.2, 0.25) is 0 Å². The van der Waals surface area contributed by atoms with Crippen LogP contribution in [0.25, 0.3) is 21.9 Å². The van der Waals surface area contributed by atoms with Crippen LogP contribution < -0.4 is 5.73 Å². The number of nitrogens with zero attached hydrogens (tertiary/aromatic N) is 3. The number of aryl methyl sites for hydroxylation is 2. The van der Waals surface area contributed by atoms with Crippen LogP contribution in [0.3, 0.4) is 0 Å². The van der Waals surface area contributed by atoms with Crippen LogP contribution in [0.4, 0.5) is 0 Å². The Hall–Kier alpha value is -1.72. The van der Waals surface area contributed by atoms with Crippen LogP contribution in [-0.4, -0.2) is 21.1 Å². The number of thiophene rings is 1. The fraction of sp³-hybridized carbons (Fsp3) is 0.333. The molecule has 0 bridgehead atoms. The first kappa shape index (κ1) is 13.3. The topological polar surface area (TPSA) is 56.7 Å². The summed E-state index contributed by atoms with van der Waals surface area (Å²) < 4.78 is 2.22.